The van der Waals surface area contributed by atoms with E-state index in [0.717, 1.165) is 11.1 Å². The highest BCUT2D eigenvalue weighted by molar-refractivity contribution is 6.18. The summed E-state index contributed by atoms with van der Waals surface area (Å²) in [6.07, 6.45) is 0. The average molecular weight is 292 g/mol. The van der Waals surface area contributed by atoms with Crippen molar-refractivity contribution >= 4 is 11.6 Å². The fourth-order valence-electron chi connectivity index (χ4n) is 2.10. The fourth-order valence-corrected chi connectivity index (χ4v) is 2.34. The van der Waals surface area contributed by atoms with E-state index in [-0.39, 0.29) is 11.5 Å². The van der Waals surface area contributed by atoms with Crippen LogP contribution in [0.15, 0.2) is 48.5 Å². The quantitative estimate of drug-likeness (QED) is 0.802. The minimum absolute atomic E-state index is 0.282. The highest BCUT2D eigenvalue weighted by Gasteiger charge is 2.11. The summed E-state index contributed by atoms with van der Waals surface area (Å²) in [7, 11) is 0. The van der Waals surface area contributed by atoms with Crippen molar-refractivity contribution in [1.82, 2.24) is 4.90 Å². The molecule has 0 fully saturated rings. The van der Waals surface area contributed by atoms with E-state index in [2.05, 4.69) is 4.90 Å². The van der Waals surface area contributed by atoms with Crippen LogP contribution in [0.5, 0.6) is 11.5 Å². The zero-order valence-electron chi connectivity index (χ0n) is 11.2. The maximum Gasteiger partial charge on any atom is 0.120 e. The molecule has 2 aromatic rings. The van der Waals surface area contributed by atoms with Gasteiger partial charge in [0.05, 0.1) is 0 Å². The van der Waals surface area contributed by atoms with E-state index in [1.54, 1.807) is 24.3 Å². The molecule has 0 aliphatic carbocycles. The fraction of sp³-hybridized carbons (Fsp3) is 0.250. The number of nitrogens with zero attached hydrogens (tertiary/aromatic N) is 1. The Morgan fingerprint density at radius 2 is 1.25 bits per heavy atom. The zero-order valence-corrected chi connectivity index (χ0v) is 11.9. The van der Waals surface area contributed by atoms with Crippen molar-refractivity contribution in [3.8, 4) is 11.5 Å². The lowest BCUT2D eigenvalue weighted by atomic mass is 10.1. The number of phenols is 2. The van der Waals surface area contributed by atoms with Gasteiger partial charge >= 0.3 is 0 Å². The first-order chi connectivity index (χ1) is 9.70. The Bertz CT molecular complexity index is 512. The van der Waals surface area contributed by atoms with Crippen molar-refractivity contribution in [2.45, 2.75) is 13.1 Å². The van der Waals surface area contributed by atoms with E-state index in [9.17, 15) is 10.2 Å². The van der Waals surface area contributed by atoms with Crippen LogP contribution in [0.25, 0.3) is 0 Å². The molecule has 0 bridgehead atoms. The predicted molar refractivity (Wildman–Crippen MR) is 81.0 cm³/mol. The molecule has 0 heterocycles. The first-order valence-corrected chi connectivity index (χ1v) is 7.06. The molecule has 4 heteroatoms. The van der Waals surface area contributed by atoms with Gasteiger partial charge in [-0.3, -0.25) is 4.90 Å². The Kier molecular flexibility index (Phi) is 5.27. The lowest BCUT2D eigenvalue weighted by Gasteiger charge is -2.22. The molecule has 0 aliphatic rings. The lowest BCUT2D eigenvalue weighted by molar-refractivity contribution is 0.265. The number of hydrogen-bond acceptors (Lipinski definition) is 3. The molecule has 0 atom stereocenters. The molecule has 0 saturated carbocycles. The van der Waals surface area contributed by atoms with Crippen molar-refractivity contribution in [3.05, 3.63) is 59.7 Å². The summed E-state index contributed by atoms with van der Waals surface area (Å²) >= 11 is 5.84. The molecule has 2 aromatic carbocycles. The van der Waals surface area contributed by atoms with Gasteiger partial charge in [0.25, 0.3) is 0 Å². The van der Waals surface area contributed by atoms with Crippen molar-refractivity contribution in [2.24, 2.45) is 0 Å². The van der Waals surface area contributed by atoms with Gasteiger partial charge in [-0.2, -0.15) is 0 Å². The first-order valence-electron chi connectivity index (χ1n) is 6.52. The van der Waals surface area contributed by atoms with Gasteiger partial charge in [0, 0.05) is 36.6 Å². The molecule has 0 saturated heterocycles. The molecule has 0 amide bonds. The Morgan fingerprint density at radius 1 is 0.800 bits per heavy atom. The van der Waals surface area contributed by atoms with Crippen LogP contribution >= 0.6 is 11.6 Å². The monoisotopic (exact) mass is 291 g/mol. The van der Waals surface area contributed by atoms with E-state index in [4.69, 9.17) is 11.6 Å². The summed E-state index contributed by atoms with van der Waals surface area (Å²) in [5, 5.41) is 19.7. The van der Waals surface area contributed by atoms with Gasteiger partial charge in [-0.05, 0) is 12.1 Å². The van der Waals surface area contributed by atoms with Gasteiger partial charge in [-0.1, -0.05) is 36.4 Å². The van der Waals surface area contributed by atoms with Gasteiger partial charge in [0.1, 0.15) is 11.5 Å². The molecule has 106 valence electrons. The summed E-state index contributed by atoms with van der Waals surface area (Å²) < 4.78 is 0. The lowest BCUT2D eigenvalue weighted by Crippen LogP contribution is -2.25. The molecule has 0 aromatic heterocycles. The summed E-state index contributed by atoms with van der Waals surface area (Å²) in [4.78, 5) is 2.09. The minimum Gasteiger partial charge on any atom is -0.508 e. The molecular weight excluding hydrogens is 274 g/mol. The average Bonchev–Trinajstić information content (AvgIpc) is 2.44. The molecule has 0 aliphatic heterocycles. The zero-order chi connectivity index (χ0) is 14.4. The van der Waals surface area contributed by atoms with Crippen molar-refractivity contribution in [1.29, 1.82) is 0 Å². The van der Waals surface area contributed by atoms with E-state index in [1.807, 2.05) is 24.3 Å². The van der Waals surface area contributed by atoms with Gasteiger partial charge in [-0.25, -0.2) is 0 Å². The second-order valence-corrected chi connectivity index (χ2v) is 5.04. The summed E-state index contributed by atoms with van der Waals surface area (Å²) in [5.74, 6) is 1.06. The molecule has 0 spiro atoms. The highest BCUT2D eigenvalue weighted by Crippen LogP contribution is 2.22. The van der Waals surface area contributed by atoms with Crippen LogP contribution in [-0.4, -0.2) is 27.5 Å². The van der Waals surface area contributed by atoms with Crippen LogP contribution in [0.1, 0.15) is 11.1 Å². The molecule has 0 unspecified atom stereocenters. The largest absolute Gasteiger partial charge is 0.508 e. The number of rotatable bonds is 6. The number of halogens is 1. The van der Waals surface area contributed by atoms with Crippen LogP contribution in [0, 0.1) is 0 Å². The van der Waals surface area contributed by atoms with Crippen molar-refractivity contribution in [3.63, 3.8) is 0 Å². The van der Waals surface area contributed by atoms with Gasteiger partial charge in [-0.15, -0.1) is 11.6 Å². The van der Waals surface area contributed by atoms with E-state index >= 15 is 0 Å². The molecule has 0 radical (unpaired) electrons. The number of hydrogen-bond donors (Lipinski definition) is 2. The summed E-state index contributed by atoms with van der Waals surface area (Å²) in [6.45, 7) is 1.87. The Labute approximate surface area is 124 Å². The Balaban J connectivity index is 2.12. The predicted octanol–water partition coefficient (Wildman–Crippen LogP) is 3.34. The number of para-hydroxylation sites is 2. The topological polar surface area (TPSA) is 43.7 Å². The van der Waals surface area contributed by atoms with Crippen LogP contribution < -0.4 is 0 Å². The molecule has 2 N–H and O–H groups in total. The van der Waals surface area contributed by atoms with E-state index < -0.39 is 0 Å². The molecule has 2 rings (SSSR count). The van der Waals surface area contributed by atoms with Gasteiger partial charge < -0.3 is 10.2 Å². The number of aromatic hydroxyl groups is 2. The maximum atomic E-state index is 9.84. The molecular formula is C16H18ClNO2. The SMILES string of the molecule is Oc1ccccc1CN(CCCl)Cc1ccccc1O. The second-order valence-electron chi connectivity index (χ2n) is 4.66. The summed E-state index contributed by atoms with van der Waals surface area (Å²) in [6, 6.07) is 14.5. The second kappa shape index (κ2) is 7.17. The van der Waals surface area contributed by atoms with Crippen LogP contribution in [0.3, 0.4) is 0 Å². The van der Waals surface area contributed by atoms with Gasteiger partial charge in [0.15, 0.2) is 0 Å². The normalized spacial score (nSPS) is 10.9. The molecule has 20 heavy (non-hydrogen) atoms. The first kappa shape index (κ1) is 14.7. The van der Waals surface area contributed by atoms with E-state index in [1.165, 1.54) is 0 Å². The van der Waals surface area contributed by atoms with Crippen molar-refractivity contribution in [2.75, 3.05) is 12.4 Å². The maximum absolute atomic E-state index is 9.84. The standard InChI is InChI=1S/C16H18ClNO2/c17-9-10-18(11-13-5-1-3-7-15(13)19)12-14-6-2-4-8-16(14)20/h1-8,19-20H,9-12H2. The third kappa shape index (κ3) is 3.89. The number of alkyl halides is 1. The third-order valence-corrected chi connectivity index (χ3v) is 3.34. The van der Waals surface area contributed by atoms with Crippen molar-refractivity contribution < 1.29 is 10.2 Å². The third-order valence-electron chi connectivity index (χ3n) is 3.17. The number of benzene rings is 2. The minimum atomic E-state index is 0.282. The highest BCUT2D eigenvalue weighted by atomic mass is 35.5. The van der Waals surface area contributed by atoms with Crippen LogP contribution in [-0.2, 0) is 13.1 Å². The number of phenolic OH excluding ortho intramolecular Hbond substituents is 2. The molecule has 3 nitrogen and oxygen atoms in total. The van der Waals surface area contributed by atoms with Crippen LogP contribution in [0.2, 0.25) is 0 Å². The summed E-state index contributed by atoms with van der Waals surface area (Å²) in [5.41, 5.74) is 1.71. The van der Waals surface area contributed by atoms with E-state index in [0.29, 0.717) is 25.5 Å². The Morgan fingerprint density at radius 3 is 1.65 bits per heavy atom. The Hall–Kier alpha value is -1.71. The van der Waals surface area contributed by atoms with Gasteiger partial charge in [0.2, 0.25) is 0 Å². The smallest absolute Gasteiger partial charge is 0.120 e. The van der Waals surface area contributed by atoms with Crippen LogP contribution in [0.4, 0.5) is 0 Å².